The fourth-order valence-electron chi connectivity index (χ4n) is 4.43. The van der Waals surface area contributed by atoms with E-state index in [2.05, 4.69) is 49.9 Å². The molecule has 2 aliphatic rings. The molecule has 0 unspecified atom stereocenters. The number of carbonyl (C=O) groups excluding carboxylic acids is 1. The van der Waals surface area contributed by atoms with Crippen LogP contribution in [0.15, 0.2) is 30.3 Å². The molecule has 2 fully saturated rings. The zero-order valence-corrected chi connectivity index (χ0v) is 16.6. The average molecular weight is 359 g/mol. The summed E-state index contributed by atoms with van der Waals surface area (Å²) in [5, 5.41) is 0. The molecule has 1 aliphatic heterocycles. The average Bonchev–Trinajstić information content (AvgIpc) is 2.66. The molecular weight excluding hydrogens is 324 g/mol. The number of piperazine rings is 1. The van der Waals surface area contributed by atoms with Gasteiger partial charge in [0.1, 0.15) is 6.61 Å². The Morgan fingerprint density at radius 1 is 1.12 bits per heavy atom. The summed E-state index contributed by atoms with van der Waals surface area (Å²) in [7, 11) is 0. The van der Waals surface area contributed by atoms with E-state index in [1.54, 1.807) is 0 Å². The molecule has 0 spiro atoms. The summed E-state index contributed by atoms with van der Waals surface area (Å²) in [5.41, 5.74) is 1.24. The van der Waals surface area contributed by atoms with Gasteiger partial charge in [-0.05, 0) is 42.7 Å². The minimum Gasteiger partial charge on any atom is -0.368 e. The Balaban J connectivity index is 1.47. The number of benzene rings is 1. The van der Waals surface area contributed by atoms with E-state index in [0.717, 1.165) is 32.6 Å². The van der Waals surface area contributed by atoms with Crippen molar-refractivity contribution in [2.75, 3.05) is 37.7 Å². The SMILES string of the molecule is CC(C)[C@H]1CC[C@@H](C)C[C@@H]1OCC(=O)N1CCN(c2ccccc2)CC1. The zero-order chi connectivity index (χ0) is 18.5. The van der Waals surface area contributed by atoms with Crippen LogP contribution in [0.4, 0.5) is 5.69 Å². The van der Waals surface area contributed by atoms with Crippen molar-refractivity contribution in [2.24, 2.45) is 17.8 Å². The number of hydrogen-bond acceptors (Lipinski definition) is 3. The second-order valence-electron chi connectivity index (χ2n) is 8.38. The third kappa shape index (κ3) is 4.79. The summed E-state index contributed by atoms with van der Waals surface area (Å²) in [4.78, 5) is 16.9. The summed E-state index contributed by atoms with van der Waals surface area (Å²) in [6, 6.07) is 10.4. The maximum atomic E-state index is 12.6. The number of rotatable bonds is 5. The summed E-state index contributed by atoms with van der Waals surface area (Å²) in [6.45, 7) is 10.5. The highest BCUT2D eigenvalue weighted by Gasteiger charge is 2.32. The van der Waals surface area contributed by atoms with Gasteiger partial charge in [-0.2, -0.15) is 0 Å². The molecule has 1 aliphatic carbocycles. The first-order valence-electron chi connectivity index (χ1n) is 10.2. The lowest BCUT2D eigenvalue weighted by atomic mass is 9.75. The van der Waals surface area contributed by atoms with Crippen LogP contribution < -0.4 is 4.90 Å². The largest absolute Gasteiger partial charge is 0.368 e. The smallest absolute Gasteiger partial charge is 0.248 e. The van der Waals surface area contributed by atoms with E-state index >= 15 is 0 Å². The van der Waals surface area contributed by atoms with Crippen LogP contribution in [0.25, 0.3) is 0 Å². The first kappa shape index (κ1) is 19.2. The van der Waals surface area contributed by atoms with Gasteiger partial charge in [0.25, 0.3) is 0 Å². The number of nitrogens with zero attached hydrogens (tertiary/aromatic N) is 2. The summed E-state index contributed by atoms with van der Waals surface area (Å²) >= 11 is 0. The van der Waals surface area contributed by atoms with Crippen molar-refractivity contribution in [2.45, 2.75) is 46.1 Å². The van der Waals surface area contributed by atoms with Crippen molar-refractivity contribution in [3.05, 3.63) is 30.3 Å². The highest BCUT2D eigenvalue weighted by atomic mass is 16.5. The second-order valence-corrected chi connectivity index (χ2v) is 8.38. The summed E-state index contributed by atoms with van der Waals surface area (Å²) in [6.07, 6.45) is 3.86. The van der Waals surface area contributed by atoms with Gasteiger partial charge in [0.15, 0.2) is 0 Å². The van der Waals surface area contributed by atoms with Crippen LogP contribution in [0, 0.1) is 17.8 Å². The standard InChI is InChI=1S/C22H34N2O2/c1-17(2)20-10-9-18(3)15-21(20)26-16-22(25)24-13-11-23(12-14-24)19-7-5-4-6-8-19/h4-8,17-18,20-21H,9-16H2,1-3H3/t18-,20-,21+/m1/s1. The monoisotopic (exact) mass is 358 g/mol. The Kier molecular flexibility index (Phi) is 6.58. The van der Waals surface area contributed by atoms with Gasteiger partial charge in [-0.15, -0.1) is 0 Å². The predicted molar refractivity (Wildman–Crippen MR) is 106 cm³/mol. The normalized spacial score (nSPS) is 27.0. The minimum atomic E-state index is 0.151. The Labute approximate surface area is 158 Å². The van der Waals surface area contributed by atoms with Gasteiger partial charge in [-0.25, -0.2) is 0 Å². The number of amides is 1. The highest BCUT2D eigenvalue weighted by Crippen LogP contribution is 2.35. The van der Waals surface area contributed by atoms with Crippen LogP contribution in [-0.2, 0) is 9.53 Å². The molecule has 1 saturated carbocycles. The number of anilines is 1. The van der Waals surface area contributed by atoms with E-state index in [1.165, 1.54) is 18.5 Å². The van der Waals surface area contributed by atoms with Gasteiger partial charge in [0.2, 0.25) is 5.91 Å². The topological polar surface area (TPSA) is 32.8 Å². The summed E-state index contributed by atoms with van der Waals surface area (Å²) in [5.74, 6) is 2.07. The van der Waals surface area contributed by atoms with Gasteiger partial charge in [0.05, 0.1) is 6.10 Å². The van der Waals surface area contributed by atoms with Gasteiger partial charge in [0, 0.05) is 31.9 Å². The van der Waals surface area contributed by atoms with Gasteiger partial charge >= 0.3 is 0 Å². The molecule has 0 radical (unpaired) electrons. The number of carbonyl (C=O) groups is 1. The van der Waals surface area contributed by atoms with E-state index in [1.807, 2.05) is 11.0 Å². The molecule has 0 N–H and O–H groups in total. The molecular formula is C22H34N2O2. The molecule has 1 heterocycles. The van der Waals surface area contributed by atoms with Crippen molar-refractivity contribution in [1.82, 2.24) is 4.90 Å². The van der Waals surface area contributed by atoms with Crippen molar-refractivity contribution in [3.8, 4) is 0 Å². The molecule has 0 aromatic heterocycles. The fourth-order valence-corrected chi connectivity index (χ4v) is 4.43. The number of para-hydroxylation sites is 1. The van der Waals surface area contributed by atoms with Gasteiger partial charge in [-0.3, -0.25) is 4.79 Å². The molecule has 3 atom stereocenters. The van der Waals surface area contributed by atoms with Crippen LogP contribution in [0.2, 0.25) is 0 Å². The van der Waals surface area contributed by atoms with Crippen molar-refractivity contribution in [1.29, 1.82) is 0 Å². The predicted octanol–water partition coefficient (Wildman–Crippen LogP) is 3.81. The van der Waals surface area contributed by atoms with Crippen molar-refractivity contribution in [3.63, 3.8) is 0 Å². The minimum absolute atomic E-state index is 0.151. The molecule has 1 saturated heterocycles. The van der Waals surface area contributed by atoms with Crippen LogP contribution >= 0.6 is 0 Å². The van der Waals surface area contributed by atoms with Crippen LogP contribution in [0.5, 0.6) is 0 Å². The Hall–Kier alpha value is -1.55. The first-order valence-corrected chi connectivity index (χ1v) is 10.2. The quantitative estimate of drug-likeness (QED) is 0.802. The van der Waals surface area contributed by atoms with Gasteiger partial charge < -0.3 is 14.5 Å². The zero-order valence-electron chi connectivity index (χ0n) is 16.6. The van der Waals surface area contributed by atoms with Crippen LogP contribution in [0.1, 0.15) is 40.0 Å². The maximum Gasteiger partial charge on any atom is 0.248 e. The molecule has 1 aromatic carbocycles. The molecule has 4 nitrogen and oxygen atoms in total. The Morgan fingerprint density at radius 3 is 2.46 bits per heavy atom. The van der Waals surface area contributed by atoms with E-state index in [0.29, 0.717) is 17.8 Å². The molecule has 0 bridgehead atoms. The van der Waals surface area contributed by atoms with E-state index in [-0.39, 0.29) is 18.6 Å². The Morgan fingerprint density at radius 2 is 1.81 bits per heavy atom. The maximum absolute atomic E-state index is 12.6. The fraction of sp³-hybridized carbons (Fsp3) is 0.682. The molecule has 1 amide bonds. The highest BCUT2D eigenvalue weighted by molar-refractivity contribution is 5.77. The van der Waals surface area contributed by atoms with Crippen molar-refractivity contribution < 1.29 is 9.53 Å². The molecule has 3 rings (SSSR count). The molecule has 4 heteroatoms. The van der Waals surface area contributed by atoms with Gasteiger partial charge in [-0.1, -0.05) is 45.4 Å². The summed E-state index contributed by atoms with van der Waals surface area (Å²) < 4.78 is 6.15. The van der Waals surface area contributed by atoms with E-state index in [9.17, 15) is 4.79 Å². The lowest BCUT2D eigenvalue weighted by molar-refractivity contribution is -0.141. The first-order chi connectivity index (χ1) is 12.5. The Bertz CT molecular complexity index is 567. The van der Waals surface area contributed by atoms with Crippen LogP contribution in [-0.4, -0.2) is 49.7 Å². The third-order valence-corrected chi connectivity index (χ3v) is 6.14. The van der Waals surface area contributed by atoms with Crippen LogP contribution in [0.3, 0.4) is 0 Å². The third-order valence-electron chi connectivity index (χ3n) is 6.14. The number of hydrogen-bond donors (Lipinski definition) is 0. The van der Waals surface area contributed by atoms with Crippen molar-refractivity contribution >= 4 is 11.6 Å². The molecule has 1 aromatic rings. The molecule has 144 valence electrons. The lowest BCUT2D eigenvalue weighted by Gasteiger charge is -2.38. The second kappa shape index (κ2) is 8.90. The molecule has 26 heavy (non-hydrogen) atoms. The van der Waals surface area contributed by atoms with E-state index < -0.39 is 0 Å². The van der Waals surface area contributed by atoms with E-state index in [4.69, 9.17) is 4.74 Å². The lowest BCUT2D eigenvalue weighted by Crippen LogP contribution is -2.50. The number of ether oxygens (including phenoxy) is 1.